The molecule has 2 heterocycles. The Kier molecular flexibility index (Phi) is 3.10. The van der Waals surface area contributed by atoms with Gasteiger partial charge < -0.3 is 15.2 Å². The van der Waals surface area contributed by atoms with Gasteiger partial charge >= 0.3 is 5.97 Å². The smallest absolute Gasteiger partial charge is 0.329 e. The van der Waals surface area contributed by atoms with Crippen LogP contribution in [-0.4, -0.2) is 39.8 Å². The fraction of sp³-hybridized carbons (Fsp3) is 0.615. The molecule has 0 aromatic carbocycles. The predicted molar refractivity (Wildman–Crippen MR) is 68.1 cm³/mol. The molecule has 6 heteroatoms. The van der Waals surface area contributed by atoms with Gasteiger partial charge in [0, 0.05) is 37.3 Å². The summed E-state index contributed by atoms with van der Waals surface area (Å²) in [5.74, 6) is -0.145. The van der Waals surface area contributed by atoms with Gasteiger partial charge in [-0.1, -0.05) is 0 Å². The third kappa shape index (κ3) is 2.16. The molecule has 1 aliphatic heterocycles. The Balaban J connectivity index is 1.90. The molecular formula is C13H17N3O3. The van der Waals surface area contributed by atoms with E-state index < -0.39 is 11.5 Å². The molecule has 0 saturated carbocycles. The molecule has 0 unspecified atom stereocenters. The first-order valence-electron chi connectivity index (χ1n) is 6.63. The third-order valence-electron chi connectivity index (χ3n) is 3.99. The predicted octanol–water partition coefficient (Wildman–Crippen LogP) is 1.01. The summed E-state index contributed by atoms with van der Waals surface area (Å²) in [6.45, 7) is 0.930. The first-order chi connectivity index (χ1) is 9.21. The number of hydrogen-bond donors (Lipinski definition) is 2. The SMILES string of the molecule is O=C(O)C1(Nc2ncnc3c2CCC3)CCOCC1. The molecule has 1 saturated heterocycles. The Labute approximate surface area is 111 Å². The van der Waals surface area contributed by atoms with Gasteiger partial charge in [0.25, 0.3) is 0 Å². The van der Waals surface area contributed by atoms with Crippen LogP contribution in [0.15, 0.2) is 6.33 Å². The van der Waals surface area contributed by atoms with Gasteiger partial charge in [0.15, 0.2) is 0 Å². The average molecular weight is 263 g/mol. The molecular weight excluding hydrogens is 246 g/mol. The lowest BCUT2D eigenvalue weighted by Crippen LogP contribution is -2.50. The Hall–Kier alpha value is -1.69. The number of nitrogens with one attached hydrogen (secondary N) is 1. The van der Waals surface area contributed by atoms with E-state index in [1.54, 1.807) is 0 Å². The number of fused-ring (bicyclic) bond motifs is 1. The van der Waals surface area contributed by atoms with Crippen LogP contribution < -0.4 is 5.32 Å². The third-order valence-corrected chi connectivity index (χ3v) is 3.99. The van der Waals surface area contributed by atoms with E-state index in [0.29, 0.717) is 31.9 Å². The summed E-state index contributed by atoms with van der Waals surface area (Å²) in [4.78, 5) is 20.1. The average Bonchev–Trinajstić information content (AvgIpc) is 2.89. The maximum atomic E-state index is 11.6. The molecule has 3 rings (SSSR count). The zero-order chi connectivity index (χ0) is 13.3. The maximum Gasteiger partial charge on any atom is 0.329 e. The summed E-state index contributed by atoms with van der Waals surface area (Å²) in [6, 6.07) is 0. The van der Waals surface area contributed by atoms with Crippen LogP contribution in [0.2, 0.25) is 0 Å². The van der Waals surface area contributed by atoms with Crippen molar-refractivity contribution in [2.24, 2.45) is 0 Å². The minimum absolute atomic E-state index is 0.459. The van der Waals surface area contributed by atoms with E-state index in [2.05, 4.69) is 15.3 Å². The summed E-state index contributed by atoms with van der Waals surface area (Å²) in [7, 11) is 0. The van der Waals surface area contributed by atoms with Crippen molar-refractivity contribution in [3.8, 4) is 0 Å². The second kappa shape index (κ2) is 4.77. The molecule has 19 heavy (non-hydrogen) atoms. The molecule has 1 aromatic rings. The van der Waals surface area contributed by atoms with Gasteiger partial charge in [-0.15, -0.1) is 0 Å². The number of aliphatic carboxylic acids is 1. The van der Waals surface area contributed by atoms with E-state index >= 15 is 0 Å². The quantitative estimate of drug-likeness (QED) is 0.846. The second-order valence-corrected chi connectivity index (χ2v) is 5.13. The van der Waals surface area contributed by atoms with E-state index in [1.165, 1.54) is 6.33 Å². The number of aryl methyl sites for hydroxylation is 1. The standard InChI is InChI=1S/C13H17N3O3/c17-12(18)13(4-6-19-7-5-13)16-11-9-2-1-3-10(9)14-8-15-11/h8H,1-7H2,(H,17,18)(H,14,15,16). The largest absolute Gasteiger partial charge is 0.480 e. The topological polar surface area (TPSA) is 84.3 Å². The van der Waals surface area contributed by atoms with Crippen molar-refractivity contribution >= 4 is 11.8 Å². The lowest BCUT2D eigenvalue weighted by Gasteiger charge is -2.34. The van der Waals surface area contributed by atoms with E-state index in [9.17, 15) is 9.90 Å². The van der Waals surface area contributed by atoms with Crippen LogP contribution in [0.5, 0.6) is 0 Å². The number of carboxylic acid groups (broad SMARTS) is 1. The molecule has 102 valence electrons. The molecule has 1 aliphatic carbocycles. The van der Waals surface area contributed by atoms with E-state index in [4.69, 9.17) is 4.74 Å². The van der Waals surface area contributed by atoms with Crippen molar-refractivity contribution in [1.82, 2.24) is 9.97 Å². The van der Waals surface area contributed by atoms with Gasteiger partial charge in [0.1, 0.15) is 17.7 Å². The molecule has 1 fully saturated rings. The van der Waals surface area contributed by atoms with E-state index in [0.717, 1.165) is 30.5 Å². The van der Waals surface area contributed by atoms with Crippen molar-refractivity contribution in [3.63, 3.8) is 0 Å². The fourth-order valence-corrected chi connectivity index (χ4v) is 2.81. The first kappa shape index (κ1) is 12.3. The van der Waals surface area contributed by atoms with Gasteiger partial charge in [0.2, 0.25) is 0 Å². The summed E-state index contributed by atoms with van der Waals surface area (Å²) in [6.07, 6.45) is 5.37. The number of ether oxygens (including phenoxy) is 1. The highest BCUT2D eigenvalue weighted by molar-refractivity contribution is 5.83. The van der Waals surface area contributed by atoms with Crippen molar-refractivity contribution < 1.29 is 14.6 Å². The van der Waals surface area contributed by atoms with E-state index in [-0.39, 0.29) is 0 Å². The number of aromatic nitrogens is 2. The van der Waals surface area contributed by atoms with Crippen molar-refractivity contribution in [2.75, 3.05) is 18.5 Å². The van der Waals surface area contributed by atoms with E-state index in [1.807, 2.05) is 0 Å². The molecule has 0 bridgehead atoms. The molecule has 6 nitrogen and oxygen atoms in total. The molecule has 1 aromatic heterocycles. The van der Waals surface area contributed by atoms with Gasteiger partial charge in [-0.3, -0.25) is 0 Å². The maximum absolute atomic E-state index is 11.6. The van der Waals surface area contributed by atoms with Crippen LogP contribution in [0, 0.1) is 0 Å². The van der Waals surface area contributed by atoms with Crippen LogP contribution in [0.3, 0.4) is 0 Å². The number of anilines is 1. The molecule has 0 amide bonds. The van der Waals surface area contributed by atoms with Crippen LogP contribution in [0.4, 0.5) is 5.82 Å². The van der Waals surface area contributed by atoms with Crippen molar-refractivity contribution in [3.05, 3.63) is 17.6 Å². The van der Waals surface area contributed by atoms with Crippen molar-refractivity contribution in [1.29, 1.82) is 0 Å². The molecule has 2 N–H and O–H groups in total. The first-order valence-corrected chi connectivity index (χ1v) is 6.63. The van der Waals surface area contributed by atoms with Crippen LogP contribution in [0.25, 0.3) is 0 Å². The zero-order valence-electron chi connectivity index (χ0n) is 10.7. The normalized spacial score (nSPS) is 20.8. The summed E-state index contributed by atoms with van der Waals surface area (Å²) >= 11 is 0. The second-order valence-electron chi connectivity index (χ2n) is 5.13. The van der Waals surface area contributed by atoms with Gasteiger partial charge in [-0.05, 0) is 19.3 Å². The Morgan fingerprint density at radius 3 is 2.84 bits per heavy atom. The number of nitrogens with zero attached hydrogens (tertiary/aromatic N) is 2. The molecule has 2 aliphatic rings. The lowest BCUT2D eigenvalue weighted by atomic mass is 9.90. The number of hydrogen-bond acceptors (Lipinski definition) is 5. The number of carbonyl (C=O) groups is 1. The summed E-state index contributed by atoms with van der Waals surface area (Å²) in [5.41, 5.74) is 1.17. The monoisotopic (exact) mass is 263 g/mol. The zero-order valence-corrected chi connectivity index (χ0v) is 10.7. The highest BCUT2D eigenvalue weighted by atomic mass is 16.5. The van der Waals surface area contributed by atoms with Gasteiger partial charge in [0.05, 0.1) is 0 Å². The Morgan fingerprint density at radius 1 is 1.32 bits per heavy atom. The van der Waals surface area contributed by atoms with Crippen molar-refractivity contribution in [2.45, 2.75) is 37.6 Å². The minimum Gasteiger partial charge on any atom is -0.480 e. The van der Waals surface area contributed by atoms with Gasteiger partial charge in [-0.25, -0.2) is 14.8 Å². The van der Waals surface area contributed by atoms with Gasteiger partial charge in [-0.2, -0.15) is 0 Å². The molecule has 0 spiro atoms. The van der Waals surface area contributed by atoms with Crippen LogP contribution in [-0.2, 0) is 22.4 Å². The van der Waals surface area contributed by atoms with Crippen LogP contribution in [0.1, 0.15) is 30.5 Å². The number of carboxylic acids is 1. The molecule has 0 radical (unpaired) electrons. The Morgan fingerprint density at radius 2 is 2.11 bits per heavy atom. The fourth-order valence-electron chi connectivity index (χ4n) is 2.81. The van der Waals surface area contributed by atoms with Crippen LogP contribution >= 0.6 is 0 Å². The lowest BCUT2D eigenvalue weighted by molar-refractivity contribution is -0.145. The number of rotatable bonds is 3. The Bertz CT molecular complexity index is 498. The highest BCUT2D eigenvalue weighted by Crippen LogP contribution is 2.31. The summed E-state index contributed by atoms with van der Waals surface area (Å²) in [5, 5.41) is 12.7. The summed E-state index contributed by atoms with van der Waals surface area (Å²) < 4.78 is 5.27. The molecule has 0 atom stereocenters. The minimum atomic E-state index is -0.955. The highest BCUT2D eigenvalue weighted by Gasteiger charge is 2.41.